The number of ether oxygens (including phenoxy) is 1. The van der Waals surface area contributed by atoms with Crippen molar-refractivity contribution in [3.05, 3.63) is 75.9 Å². The first-order valence-electron chi connectivity index (χ1n) is 7.82. The number of benzene rings is 3. The number of nitrogens with zero attached hydrogens (tertiary/aromatic N) is 1. The van der Waals surface area contributed by atoms with Crippen LogP contribution in [0, 0.1) is 0 Å². The van der Waals surface area contributed by atoms with Crippen LogP contribution in [0.15, 0.2) is 63.8 Å². The van der Waals surface area contributed by atoms with Gasteiger partial charge in [0, 0.05) is 12.1 Å². The van der Waals surface area contributed by atoms with E-state index in [1.807, 2.05) is 24.3 Å². The fourth-order valence-corrected chi connectivity index (χ4v) is 2.86. The lowest BCUT2D eigenvalue weighted by atomic mass is 10.0. The predicted molar refractivity (Wildman–Crippen MR) is 94.4 cm³/mol. The van der Waals surface area contributed by atoms with Crippen LogP contribution >= 0.6 is 0 Å². The van der Waals surface area contributed by atoms with E-state index in [1.165, 1.54) is 12.1 Å². The van der Waals surface area contributed by atoms with Crippen LogP contribution in [0.4, 0.5) is 0 Å². The third-order valence-electron chi connectivity index (χ3n) is 4.08. The predicted octanol–water partition coefficient (Wildman–Crippen LogP) is 3.60. The molecular formula is C20H15NO4. The number of phenols is 1. The highest BCUT2D eigenvalue weighted by Gasteiger charge is 2.16. The standard InChI is InChI=1S/C20H15NO4/c1-24-16-5-2-12(3-6-16)8-13-9-15(23)11-19-20(13)21-17-7-4-14(22)10-18(17)25-19/h2-7,9-11,22H,8H2,1H3. The van der Waals surface area contributed by atoms with Crippen LogP contribution in [-0.4, -0.2) is 17.2 Å². The maximum Gasteiger partial charge on any atom is 0.182 e. The largest absolute Gasteiger partial charge is 0.508 e. The van der Waals surface area contributed by atoms with Crippen molar-refractivity contribution in [2.24, 2.45) is 0 Å². The first-order chi connectivity index (χ1) is 12.1. The SMILES string of the molecule is COc1ccc(Cc2cc(=O)cc3oc4cc(O)ccc4nc2-3)cc1. The zero-order valence-corrected chi connectivity index (χ0v) is 13.5. The van der Waals surface area contributed by atoms with Crippen molar-refractivity contribution in [3.63, 3.8) is 0 Å². The zero-order chi connectivity index (χ0) is 17.4. The van der Waals surface area contributed by atoms with Gasteiger partial charge in [-0.05, 0) is 47.9 Å². The number of rotatable bonds is 3. The third kappa shape index (κ3) is 2.92. The summed E-state index contributed by atoms with van der Waals surface area (Å²) in [4.78, 5) is 16.7. The average molecular weight is 333 g/mol. The smallest absolute Gasteiger partial charge is 0.182 e. The maximum atomic E-state index is 12.0. The van der Waals surface area contributed by atoms with E-state index < -0.39 is 0 Å². The van der Waals surface area contributed by atoms with E-state index in [1.54, 1.807) is 25.3 Å². The first-order valence-corrected chi connectivity index (χ1v) is 7.82. The first kappa shape index (κ1) is 15.2. The molecule has 5 nitrogen and oxygen atoms in total. The van der Waals surface area contributed by atoms with E-state index in [9.17, 15) is 9.90 Å². The Kier molecular flexibility index (Phi) is 3.61. The summed E-state index contributed by atoms with van der Waals surface area (Å²) in [6.45, 7) is 0. The summed E-state index contributed by atoms with van der Waals surface area (Å²) in [5.74, 6) is 1.29. The normalized spacial score (nSPS) is 11.1. The number of fused-ring (bicyclic) bond motifs is 2. The second kappa shape index (κ2) is 5.94. The number of phenolic OH excluding ortho intramolecular Hbond substituents is 1. The molecule has 0 atom stereocenters. The van der Waals surface area contributed by atoms with Gasteiger partial charge in [-0.15, -0.1) is 0 Å². The Labute approximate surface area is 143 Å². The van der Waals surface area contributed by atoms with Gasteiger partial charge >= 0.3 is 0 Å². The van der Waals surface area contributed by atoms with Crippen molar-refractivity contribution in [2.75, 3.05) is 7.11 Å². The summed E-state index contributed by atoms with van der Waals surface area (Å²) in [7, 11) is 1.62. The molecule has 25 heavy (non-hydrogen) atoms. The molecule has 0 spiro atoms. The van der Waals surface area contributed by atoms with Crippen molar-refractivity contribution in [1.29, 1.82) is 0 Å². The molecule has 4 rings (SSSR count). The lowest BCUT2D eigenvalue weighted by molar-refractivity contribution is 0.414. The molecule has 0 saturated heterocycles. The van der Waals surface area contributed by atoms with Crippen molar-refractivity contribution in [2.45, 2.75) is 6.42 Å². The number of methoxy groups -OCH3 is 1. The Balaban J connectivity index is 1.84. The van der Waals surface area contributed by atoms with E-state index in [2.05, 4.69) is 4.98 Å². The molecule has 1 N–H and O–H groups in total. The molecular weight excluding hydrogens is 318 g/mol. The molecule has 124 valence electrons. The highest BCUT2D eigenvalue weighted by molar-refractivity contribution is 5.78. The summed E-state index contributed by atoms with van der Waals surface area (Å²) in [6, 6.07) is 15.4. The van der Waals surface area contributed by atoms with Gasteiger partial charge in [0.1, 0.15) is 22.7 Å². The Morgan fingerprint density at radius 2 is 1.88 bits per heavy atom. The minimum Gasteiger partial charge on any atom is -0.508 e. The van der Waals surface area contributed by atoms with E-state index in [4.69, 9.17) is 9.15 Å². The maximum absolute atomic E-state index is 12.0. The molecule has 1 aliphatic heterocycles. The van der Waals surface area contributed by atoms with Crippen LogP contribution < -0.4 is 10.2 Å². The molecule has 0 amide bonds. The lowest BCUT2D eigenvalue weighted by Crippen LogP contribution is -2.06. The summed E-state index contributed by atoms with van der Waals surface area (Å²) < 4.78 is 10.9. The van der Waals surface area contributed by atoms with Gasteiger partial charge in [0.25, 0.3) is 0 Å². The van der Waals surface area contributed by atoms with Crippen molar-refractivity contribution in [1.82, 2.24) is 4.98 Å². The Hall–Kier alpha value is -3.34. The number of aromatic nitrogens is 1. The van der Waals surface area contributed by atoms with Crippen LogP contribution in [0.5, 0.6) is 11.5 Å². The highest BCUT2D eigenvalue weighted by Crippen LogP contribution is 2.29. The average Bonchev–Trinajstić information content (AvgIpc) is 2.61. The Morgan fingerprint density at radius 1 is 1.08 bits per heavy atom. The molecule has 2 aromatic rings. The molecule has 0 saturated carbocycles. The molecule has 2 aliphatic rings. The van der Waals surface area contributed by atoms with Gasteiger partial charge in [0.2, 0.25) is 0 Å². The van der Waals surface area contributed by atoms with Crippen molar-refractivity contribution in [3.8, 4) is 23.0 Å². The molecule has 5 heteroatoms. The van der Waals surface area contributed by atoms with E-state index in [-0.39, 0.29) is 11.2 Å². The molecule has 0 bridgehead atoms. The topological polar surface area (TPSA) is 72.6 Å². The molecule has 1 aliphatic carbocycles. The molecule has 0 aromatic heterocycles. The van der Waals surface area contributed by atoms with Gasteiger partial charge in [-0.2, -0.15) is 0 Å². The minimum atomic E-state index is -0.138. The van der Waals surface area contributed by atoms with Gasteiger partial charge < -0.3 is 14.3 Å². The Morgan fingerprint density at radius 3 is 2.64 bits per heavy atom. The lowest BCUT2D eigenvalue weighted by Gasteiger charge is -2.11. The van der Waals surface area contributed by atoms with Gasteiger partial charge in [-0.3, -0.25) is 4.79 Å². The van der Waals surface area contributed by atoms with E-state index >= 15 is 0 Å². The number of hydrogen-bond donors (Lipinski definition) is 1. The number of aromatic hydroxyl groups is 1. The molecule has 2 aromatic carbocycles. The zero-order valence-electron chi connectivity index (χ0n) is 13.5. The molecule has 0 radical (unpaired) electrons. The van der Waals surface area contributed by atoms with Crippen molar-refractivity contribution < 1.29 is 14.3 Å². The quantitative estimate of drug-likeness (QED) is 0.580. The van der Waals surface area contributed by atoms with Crippen LogP contribution in [0.3, 0.4) is 0 Å². The van der Waals surface area contributed by atoms with E-state index in [0.717, 1.165) is 16.9 Å². The van der Waals surface area contributed by atoms with Gasteiger partial charge in [0.15, 0.2) is 16.8 Å². The van der Waals surface area contributed by atoms with Crippen molar-refractivity contribution >= 4 is 11.1 Å². The van der Waals surface area contributed by atoms with E-state index in [0.29, 0.717) is 29.0 Å². The fourth-order valence-electron chi connectivity index (χ4n) is 2.86. The molecule has 0 unspecified atom stereocenters. The number of hydrogen-bond acceptors (Lipinski definition) is 5. The molecule has 1 heterocycles. The second-order valence-electron chi connectivity index (χ2n) is 5.82. The summed E-state index contributed by atoms with van der Waals surface area (Å²) in [6.07, 6.45) is 0.558. The summed E-state index contributed by atoms with van der Waals surface area (Å²) >= 11 is 0. The third-order valence-corrected chi connectivity index (χ3v) is 4.08. The highest BCUT2D eigenvalue weighted by atomic mass is 16.5. The monoisotopic (exact) mass is 333 g/mol. The summed E-state index contributed by atoms with van der Waals surface area (Å²) in [5, 5.41) is 9.59. The Bertz CT molecular complexity index is 1080. The van der Waals surface area contributed by atoms with Gasteiger partial charge in [-0.1, -0.05) is 12.1 Å². The van der Waals surface area contributed by atoms with Gasteiger partial charge in [-0.25, -0.2) is 4.98 Å². The summed E-state index contributed by atoms with van der Waals surface area (Å²) in [5.41, 5.74) is 3.41. The molecule has 0 fully saturated rings. The van der Waals surface area contributed by atoms with Crippen LogP contribution in [0.1, 0.15) is 11.1 Å². The van der Waals surface area contributed by atoms with Crippen LogP contribution in [0.2, 0.25) is 0 Å². The van der Waals surface area contributed by atoms with Gasteiger partial charge in [0.05, 0.1) is 7.11 Å². The van der Waals surface area contributed by atoms with Crippen LogP contribution in [0.25, 0.3) is 22.6 Å². The second-order valence-corrected chi connectivity index (χ2v) is 5.82. The fraction of sp³-hybridized carbons (Fsp3) is 0.100. The van der Waals surface area contributed by atoms with Crippen LogP contribution in [-0.2, 0) is 6.42 Å². The minimum absolute atomic E-state index is 0.0918.